The van der Waals surface area contributed by atoms with Crippen molar-refractivity contribution in [1.82, 2.24) is 9.88 Å². The van der Waals surface area contributed by atoms with Gasteiger partial charge in [0.25, 0.3) is 5.91 Å². The first-order valence-electron chi connectivity index (χ1n) is 7.56. The monoisotopic (exact) mass is 329 g/mol. The van der Waals surface area contributed by atoms with Crippen molar-refractivity contribution in [2.45, 2.75) is 6.54 Å². The maximum absolute atomic E-state index is 12.7. The van der Waals surface area contributed by atoms with Crippen LogP contribution >= 0.6 is 0 Å². The first-order chi connectivity index (χ1) is 11.5. The highest BCUT2D eigenvalue weighted by molar-refractivity contribution is 5.94. The van der Waals surface area contributed by atoms with Crippen LogP contribution in [0.5, 0.6) is 11.5 Å². The van der Waals surface area contributed by atoms with Crippen LogP contribution < -0.4 is 14.4 Å². The van der Waals surface area contributed by atoms with Crippen molar-refractivity contribution in [3.05, 3.63) is 47.7 Å². The molecule has 1 heterocycles. The normalized spacial score (nSPS) is 10.2. The molecule has 24 heavy (non-hydrogen) atoms. The van der Waals surface area contributed by atoms with E-state index in [2.05, 4.69) is 4.98 Å². The Kier molecular flexibility index (Phi) is 5.63. The van der Waals surface area contributed by atoms with E-state index in [0.29, 0.717) is 23.6 Å². The lowest BCUT2D eigenvalue weighted by atomic mass is 10.1. The van der Waals surface area contributed by atoms with E-state index in [1.54, 1.807) is 44.5 Å². The van der Waals surface area contributed by atoms with Crippen LogP contribution in [0.3, 0.4) is 0 Å². The molecule has 2 aromatic rings. The van der Waals surface area contributed by atoms with E-state index in [-0.39, 0.29) is 5.91 Å². The quantitative estimate of drug-likeness (QED) is 0.815. The molecule has 1 aromatic carbocycles. The van der Waals surface area contributed by atoms with Crippen molar-refractivity contribution < 1.29 is 14.3 Å². The highest BCUT2D eigenvalue weighted by Crippen LogP contribution is 2.26. The lowest BCUT2D eigenvalue weighted by Gasteiger charge is -2.20. The molecule has 128 valence electrons. The van der Waals surface area contributed by atoms with Gasteiger partial charge in [0.15, 0.2) is 0 Å². The van der Waals surface area contributed by atoms with Gasteiger partial charge in [0.1, 0.15) is 17.3 Å². The largest absolute Gasteiger partial charge is 0.497 e. The zero-order chi connectivity index (χ0) is 17.7. The van der Waals surface area contributed by atoms with E-state index in [9.17, 15) is 4.79 Å². The third-order valence-electron chi connectivity index (χ3n) is 3.70. The molecule has 0 radical (unpaired) electrons. The minimum absolute atomic E-state index is 0.0710. The molecule has 0 fully saturated rings. The van der Waals surface area contributed by atoms with Gasteiger partial charge in [0, 0.05) is 51.1 Å². The van der Waals surface area contributed by atoms with E-state index in [0.717, 1.165) is 11.4 Å². The minimum atomic E-state index is -0.0710. The Morgan fingerprint density at radius 3 is 2.46 bits per heavy atom. The third-order valence-corrected chi connectivity index (χ3v) is 3.70. The summed E-state index contributed by atoms with van der Waals surface area (Å²) in [5.74, 6) is 2.08. The number of hydrogen-bond donors (Lipinski definition) is 0. The smallest absolute Gasteiger partial charge is 0.254 e. The van der Waals surface area contributed by atoms with Gasteiger partial charge in [-0.3, -0.25) is 4.79 Å². The van der Waals surface area contributed by atoms with E-state index in [1.807, 2.05) is 37.2 Å². The number of ether oxygens (including phenoxy) is 2. The Hall–Kier alpha value is -2.76. The maximum atomic E-state index is 12.7. The Morgan fingerprint density at radius 1 is 1.08 bits per heavy atom. The van der Waals surface area contributed by atoms with Gasteiger partial charge in [0.05, 0.1) is 14.2 Å². The number of benzene rings is 1. The summed E-state index contributed by atoms with van der Waals surface area (Å²) in [7, 11) is 8.76. The molecular weight excluding hydrogens is 306 g/mol. The molecule has 0 spiro atoms. The van der Waals surface area contributed by atoms with Crippen molar-refractivity contribution in [3.63, 3.8) is 0 Å². The zero-order valence-corrected chi connectivity index (χ0v) is 14.7. The van der Waals surface area contributed by atoms with E-state index < -0.39 is 0 Å². The standard InChI is InChI=1S/C18H23N3O3/c1-20(2)17-10-13(8-9-19-17)18(22)21(3)12-14-6-7-15(23-4)11-16(14)24-5/h6-11H,12H2,1-5H3. The number of carbonyl (C=O) groups excluding carboxylic acids is 1. The number of amides is 1. The summed E-state index contributed by atoms with van der Waals surface area (Å²) >= 11 is 0. The maximum Gasteiger partial charge on any atom is 0.254 e. The van der Waals surface area contributed by atoms with Crippen LogP contribution in [0.15, 0.2) is 36.5 Å². The highest BCUT2D eigenvalue weighted by atomic mass is 16.5. The van der Waals surface area contributed by atoms with Crippen molar-refractivity contribution in [3.8, 4) is 11.5 Å². The molecule has 0 bridgehead atoms. The van der Waals surface area contributed by atoms with Crippen molar-refractivity contribution in [2.24, 2.45) is 0 Å². The van der Waals surface area contributed by atoms with Gasteiger partial charge in [-0.05, 0) is 24.3 Å². The number of hydrogen-bond acceptors (Lipinski definition) is 5. The number of rotatable bonds is 6. The second-order valence-electron chi connectivity index (χ2n) is 5.64. The summed E-state index contributed by atoms with van der Waals surface area (Å²) in [5, 5.41) is 0. The summed E-state index contributed by atoms with van der Waals surface area (Å²) in [6.45, 7) is 0.436. The van der Waals surface area contributed by atoms with Gasteiger partial charge in [-0.1, -0.05) is 0 Å². The van der Waals surface area contributed by atoms with Crippen LogP contribution in [0.4, 0.5) is 5.82 Å². The van der Waals surface area contributed by atoms with Crippen LogP contribution in [0.1, 0.15) is 15.9 Å². The number of nitrogens with zero attached hydrogens (tertiary/aromatic N) is 3. The molecule has 1 amide bonds. The summed E-state index contributed by atoms with van der Waals surface area (Å²) in [5.41, 5.74) is 1.51. The molecule has 0 aliphatic rings. The van der Waals surface area contributed by atoms with Crippen LogP contribution in [0.25, 0.3) is 0 Å². The van der Waals surface area contributed by atoms with Crippen molar-refractivity contribution >= 4 is 11.7 Å². The average Bonchev–Trinajstić information content (AvgIpc) is 2.61. The van der Waals surface area contributed by atoms with Crippen molar-refractivity contribution in [2.75, 3.05) is 40.3 Å². The van der Waals surface area contributed by atoms with Gasteiger partial charge < -0.3 is 19.3 Å². The predicted octanol–water partition coefficient (Wildman–Crippen LogP) is 2.44. The van der Waals surface area contributed by atoms with E-state index >= 15 is 0 Å². The number of anilines is 1. The molecule has 2 rings (SSSR count). The summed E-state index contributed by atoms with van der Waals surface area (Å²) in [6, 6.07) is 9.07. The summed E-state index contributed by atoms with van der Waals surface area (Å²) in [4.78, 5) is 20.4. The van der Waals surface area contributed by atoms with Gasteiger partial charge in [-0.15, -0.1) is 0 Å². The Balaban J connectivity index is 2.19. The molecule has 0 saturated heterocycles. The highest BCUT2D eigenvalue weighted by Gasteiger charge is 2.15. The fourth-order valence-corrected chi connectivity index (χ4v) is 2.33. The third kappa shape index (κ3) is 3.95. The number of methoxy groups -OCH3 is 2. The van der Waals surface area contributed by atoms with Gasteiger partial charge in [-0.25, -0.2) is 4.98 Å². The number of carbonyl (C=O) groups is 1. The molecule has 0 aliphatic carbocycles. The minimum Gasteiger partial charge on any atom is -0.497 e. The molecular formula is C18H23N3O3. The van der Waals surface area contributed by atoms with E-state index in [4.69, 9.17) is 9.47 Å². The molecule has 0 aliphatic heterocycles. The topological polar surface area (TPSA) is 54.9 Å². The van der Waals surface area contributed by atoms with Crippen LogP contribution in [-0.2, 0) is 6.54 Å². The fraction of sp³-hybridized carbons (Fsp3) is 0.333. The Morgan fingerprint density at radius 2 is 1.83 bits per heavy atom. The first-order valence-corrected chi connectivity index (χ1v) is 7.56. The second kappa shape index (κ2) is 7.68. The average molecular weight is 329 g/mol. The van der Waals surface area contributed by atoms with E-state index in [1.165, 1.54) is 0 Å². The van der Waals surface area contributed by atoms with Crippen molar-refractivity contribution in [1.29, 1.82) is 0 Å². The lowest BCUT2D eigenvalue weighted by Crippen LogP contribution is -2.26. The predicted molar refractivity (Wildman–Crippen MR) is 93.9 cm³/mol. The molecule has 6 nitrogen and oxygen atoms in total. The molecule has 0 atom stereocenters. The first kappa shape index (κ1) is 17.6. The van der Waals surface area contributed by atoms with Gasteiger partial charge >= 0.3 is 0 Å². The lowest BCUT2D eigenvalue weighted by molar-refractivity contribution is 0.0784. The number of aromatic nitrogens is 1. The summed E-state index contributed by atoms with van der Waals surface area (Å²) in [6.07, 6.45) is 1.64. The molecule has 0 N–H and O–H groups in total. The molecule has 0 unspecified atom stereocenters. The zero-order valence-electron chi connectivity index (χ0n) is 14.7. The number of pyridine rings is 1. The SMILES string of the molecule is COc1ccc(CN(C)C(=O)c2ccnc(N(C)C)c2)c(OC)c1. The molecule has 0 saturated carbocycles. The fourth-order valence-electron chi connectivity index (χ4n) is 2.33. The molecule has 1 aromatic heterocycles. The van der Waals surface area contributed by atoms with Gasteiger partial charge in [0.2, 0.25) is 0 Å². The Bertz CT molecular complexity index is 716. The molecule has 6 heteroatoms. The van der Waals surface area contributed by atoms with Crippen LogP contribution in [-0.4, -0.2) is 51.2 Å². The van der Waals surface area contributed by atoms with Crippen LogP contribution in [0.2, 0.25) is 0 Å². The van der Waals surface area contributed by atoms with Crippen LogP contribution in [0, 0.1) is 0 Å². The Labute approximate surface area is 142 Å². The summed E-state index contributed by atoms with van der Waals surface area (Å²) < 4.78 is 10.6. The second-order valence-corrected chi connectivity index (χ2v) is 5.64. The van der Waals surface area contributed by atoms with Gasteiger partial charge in [-0.2, -0.15) is 0 Å².